The van der Waals surface area contributed by atoms with Gasteiger partial charge in [0.25, 0.3) is 0 Å². The Kier molecular flexibility index (Phi) is 2.98. The molecule has 1 heterocycles. The van der Waals surface area contributed by atoms with Gasteiger partial charge < -0.3 is 10.6 Å². The molecule has 0 aliphatic carbocycles. The number of benzene rings is 1. The molecule has 2 N–H and O–H groups in total. The number of rotatable bonds is 1. The van der Waals surface area contributed by atoms with Crippen LogP contribution in [0.5, 0.6) is 0 Å². The summed E-state index contributed by atoms with van der Waals surface area (Å²) in [6.07, 6.45) is 0. The first-order chi connectivity index (χ1) is 7.20. The van der Waals surface area contributed by atoms with Crippen molar-refractivity contribution in [3.63, 3.8) is 0 Å². The Balaban J connectivity index is 2.34. The van der Waals surface area contributed by atoms with Crippen LogP contribution in [0.1, 0.15) is 6.92 Å². The van der Waals surface area contributed by atoms with Gasteiger partial charge in [-0.15, -0.1) is 11.8 Å². The summed E-state index contributed by atoms with van der Waals surface area (Å²) in [7, 11) is 0. The Hall–Kier alpha value is -1.00. The van der Waals surface area contributed by atoms with Crippen LogP contribution in [0.25, 0.3) is 0 Å². The molecule has 1 aliphatic heterocycles. The molecule has 15 heavy (non-hydrogen) atoms. The van der Waals surface area contributed by atoms with Gasteiger partial charge in [0.05, 0.1) is 11.7 Å². The highest BCUT2D eigenvalue weighted by atomic mass is 32.2. The summed E-state index contributed by atoms with van der Waals surface area (Å²) in [4.78, 5) is 14.8. The molecule has 0 fully saturated rings. The number of nitrogens with zero attached hydrogens (tertiary/aromatic N) is 1. The Morgan fingerprint density at radius 1 is 1.53 bits per heavy atom. The largest absolute Gasteiger partial charge is 0.320 e. The quantitative estimate of drug-likeness (QED) is 0.782. The number of carbonyl (C=O) groups is 1. The monoisotopic (exact) mass is 222 g/mol. The number of fused-ring (bicyclic) bond motifs is 1. The molecular weight excluding hydrogens is 208 g/mol. The van der Waals surface area contributed by atoms with Crippen molar-refractivity contribution in [1.82, 2.24) is 0 Å². The maximum absolute atomic E-state index is 11.9. The summed E-state index contributed by atoms with van der Waals surface area (Å²) in [5.74, 6) is 0.943. The molecule has 2 rings (SSSR count). The fourth-order valence-corrected chi connectivity index (χ4v) is 2.64. The molecule has 1 amide bonds. The van der Waals surface area contributed by atoms with Gasteiger partial charge in [0.2, 0.25) is 5.91 Å². The van der Waals surface area contributed by atoms with Gasteiger partial charge >= 0.3 is 0 Å². The topological polar surface area (TPSA) is 46.3 Å². The van der Waals surface area contributed by atoms with Crippen LogP contribution in [0.4, 0.5) is 5.69 Å². The highest BCUT2D eigenvalue weighted by molar-refractivity contribution is 7.99. The zero-order valence-electron chi connectivity index (χ0n) is 8.64. The summed E-state index contributed by atoms with van der Waals surface area (Å²) in [5.41, 5.74) is 6.62. The molecule has 0 bridgehead atoms. The predicted octanol–water partition coefficient (Wildman–Crippen LogP) is 1.47. The average Bonchev–Trinajstić information content (AvgIpc) is 2.27. The highest BCUT2D eigenvalue weighted by Crippen LogP contribution is 2.34. The van der Waals surface area contributed by atoms with Crippen molar-refractivity contribution in [2.45, 2.75) is 17.9 Å². The lowest BCUT2D eigenvalue weighted by atomic mass is 10.2. The van der Waals surface area contributed by atoms with E-state index in [-0.39, 0.29) is 5.91 Å². The van der Waals surface area contributed by atoms with Gasteiger partial charge in [-0.05, 0) is 19.1 Å². The zero-order chi connectivity index (χ0) is 10.8. The molecule has 1 aliphatic rings. The third-order valence-corrected chi connectivity index (χ3v) is 3.43. The number of nitrogens with two attached hydrogens (primary N) is 1. The molecule has 4 heteroatoms. The first-order valence-electron chi connectivity index (χ1n) is 4.99. The Bertz CT molecular complexity index is 379. The van der Waals surface area contributed by atoms with Gasteiger partial charge in [-0.25, -0.2) is 0 Å². The van der Waals surface area contributed by atoms with Gasteiger partial charge in [-0.1, -0.05) is 12.1 Å². The third-order valence-electron chi connectivity index (χ3n) is 2.38. The Morgan fingerprint density at radius 2 is 2.27 bits per heavy atom. The summed E-state index contributed by atoms with van der Waals surface area (Å²) < 4.78 is 0. The van der Waals surface area contributed by atoms with Crippen LogP contribution >= 0.6 is 11.8 Å². The van der Waals surface area contributed by atoms with Crippen LogP contribution in [0.3, 0.4) is 0 Å². The molecule has 80 valence electrons. The fourth-order valence-electron chi connectivity index (χ4n) is 1.64. The number of amides is 1. The minimum atomic E-state index is -0.429. The van der Waals surface area contributed by atoms with E-state index in [0.29, 0.717) is 0 Å². The number of hydrogen-bond donors (Lipinski definition) is 1. The Labute approximate surface area is 93.6 Å². The first-order valence-corrected chi connectivity index (χ1v) is 5.97. The van der Waals surface area contributed by atoms with Crippen LogP contribution in [0.2, 0.25) is 0 Å². The van der Waals surface area contributed by atoms with Crippen LogP contribution in [-0.4, -0.2) is 24.2 Å². The van der Waals surface area contributed by atoms with Gasteiger partial charge in [0.1, 0.15) is 0 Å². The maximum Gasteiger partial charge on any atom is 0.243 e. The SMILES string of the molecule is C[C@H](N)C(=O)N1CCSc2ccccc21. The van der Waals surface area contributed by atoms with E-state index in [1.54, 1.807) is 23.6 Å². The third kappa shape index (κ3) is 2.01. The standard InChI is InChI=1S/C11H14N2OS/c1-8(12)11(14)13-6-7-15-10-5-3-2-4-9(10)13/h2-5,8H,6-7,12H2,1H3/t8-/m0/s1. The number of anilines is 1. The molecule has 0 saturated carbocycles. The van der Waals surface area contributed by atoms with E-state index in [4.69, 9.17) is 5.73 Å². The van der Waals surface area contributed by atoms with E-state index in [0.717, 1.165) is 22.9 Å². The van der Waals surface area contributed by atoms with E-state index in [9.17, 15) is 4.79 Å². The highest BCUT2D eigenvalue weighted by Gasteiger charge is 2.24. The van der Waals surface area contributed by atoms with Crippen LogP contribution < -0.4 is 10.6 Å². The second-order valence-electron chi connectivity index (χ2n) is 3.59. The molecule has 0 unspecified atom stereocenters. The lowest BCUT2D eigenvalue weighted by molar-refractivity contribution is -0.119. The molecule has 0 aromatic heterocycles. The van der Waals surface area contributed by atoms with E-state index in [1.165, 1.54) is 0 Å². The van der Waals surface area contributed by atoms with Gasteiger partial charge in [-0.2, -0.15) is 0 Å². The van der Waals surface area contributed by atoms with E-state index in [2.05, 4.69) is 0 Å². The Morgan fingerprint density at radius 3 is 3.00 bits per heavy atom. The molecule has 0 radical (unpaired) electrons. The molecule has 1 atom stereocenters. The number of carbonyl (C=O) groups excluding carboxylic acids is 1. The smallest absolute Gasteiger partial charge is 0.243 e. The van der Waals surface area contributed by atoms with Crippen molar-refractivity contribution in [3.05, 3.63) is 24.3 Å². The van der Waals surface area contributed by atoms with Crippen molar-refractivity contribution >= 4 is 23.4 Å². The predicted molar refractivity (Wildman–Crippen MR) is 63.2 cm³/mol. The normalized spacial score (nSPS) is 17.1. The molecule has 1 aromatic rings. The number of para-hydroxylation sites is 1. The average molecular weight is 222 g/mol. The van der Waals surface area contributed by atoms with Crippen LogP contribution in [-0.2, 0) is 4.79 Å². The van der Waals surface area contributed by atoms with E-state index < -0.39 is 6.04 Å². The zero-order valence-corrected chi connectivity index (χ0v) is 9.46. The van der Waals surface area contributed by atoms with Crippen molar-refractivity contribution < 1.29 is 4.79 Å². The first kappa shape index (κ1) is 10.5. The summed E-state index contributed by atoms with van der Waals surface area (Å²) in [6.45, 7) is 2.48. The van der Waals surface area contributed by atoms with Crippen molar-refractivity contribution in [1.29, 1.82) is 0 Å². The minimum Gasteiger partial charge on any atom is -0.320 e. The molecule has 1 aromatic carbocycles. The molecule has 0 spiro atoms. The van der Waals surface area contributed by atoms with E-state index >= 15 is 0 Å². The number of hydrogen-bond acceptors (Lipinski definition) is 3. The molecule has 3 nitrogen and oxygen atoms in total. The lowest BCUT2D eigenvalue weighted by Crippen LogP contribution is -2.44. The van der Waals surface area contributed by atoms with E-state index in [1.807, 2.05) is 24.3 Å². The fraction of sp³-hybridized carbons (Fsp3) is 0.364. The lowest BCUT2D eigenvalue weighted by Gasteiger charge is -2.30. The molecule has 0 saturated heterocycles. The van der Waals surface area contributed by atoms with Crippen molar-refractivity contribution in [3.8, 4) is 0 Å². The minimum absolute atomic E-state index is 0.00255. The summed E-state index contributed by atoms with van der Waals surface area (Å²) in [6, 6.07) is 7.53. The van der Waals surface area contributed by atoms with Crippen molar-refractivity contribution in [2.24, 2.45) is 5.73 Å². The number of thioether (sulfide) groups is 1. The van der Waals surface area contributed by atoms with Crippen LogP contribution in [0, 0.1) is 0 Å². The second-order valence-corrected chi connectivity index (χ2v) is 4.73. The molecular formula is C11H14N2OS. The van der Waals surface area contributed by atoms with Crippen molar-refractivity contribution in [2.75, 3.05) is 17.2 Å². The van der Waals surface area contributed by atoms with Gasteiger partial charge in [-0.3, -0.25) is 4.79 Å². The summed E-state index contributed by atoms with van der Waals surface area (Å²) in [5, 5.41) is 0. The van der Waals surface area contributed by atoms with Crippen LogP contribution in [0.15, 0.2) is 29.2 Å². The summed E-state index contributed by atoms with van der Waals surface area (Å²) >= 11 is 1.79. The second kappa shape index (κ2) is 4.24. The maximum atomic E-state index is 11.9. The van der Waals surface area contributed by atoms with Gasteiger partial charge in [0.15, 0.2) is 0 Å². The van der Waals surface area contributed by atoms with Gasteiger partial charge in [0, 0.05) is 17.2 Å².